The maximum atomic E-state index is 13.9. The first-order chi connectivity index (χ1) is 20.4. The number of anilines is 2. The van der Waals surface area contributed by atoms with Gasteiger partial charge in [0.15, 0.2) is 5.78 Å². The number of nitrogens with one attached hydrogen (secondary N) is 2. The molecule has 2 heterocycles. The number of aromatic nitrogens is 2. The molecule has 2 aliphatic carbocycles. The lowest BCUT2D eigenvalue weighted by atomic mass is 9.67. The lowest BCUT2D eigenvalue weighted by Crippen LogP contribution is -2.52. The smallest absolute Gasteiger partial charge is 0.236 e. The van der Waals surface area contributed by atoms with Gasteiger partial charge in [0.25, 0.3) is 0 Å². The van der Waals surface area contributed by atoms with E-state index in [-0.39, 0.29) is 17.6 Å². The highest BCUT2D eigenvalue weighted by atomic mass is 35.5. The zero-order valence-corrected chi connectivity index (χ0v) is 25.3. The zero-order chi connectivity index (χ0) is 29.3. The van der Waals surface area contributed by atoms with E-state index in [2.05, 4.69) is 45.6 Å². The quantitative estimate of drug-likeness (QED) is 0.249. The van der Waals surface area contributed by atoms with Crippen molar-refractivity contribution in [2.45, 2.75) is 71.8 Å². The highest BCUT2D eigenvalue weighted by Gasteiger charge is 2.48. The molecule has 2 N–H and O–H groups in total. The van der Waals surface area contributed by atoms with E-state index in [0.29, 0.717) is 31.0 Å². The number of aromatic amines is 1. The minimum Gasteiger partial charge on any atom is -0.355 e. The number of H-pyrrole nitrogens is 1. The molecule has 7 heteroatoms. The van der Waals surface area contributed by atoms with Gasteiger partial charge in [-0.2, -0.15) is 0 Å². The molecule has 6 rings (SSSR count). The molecule has 0 spiro atoms. The second-order valence-corrected chi connectivity index (χ2v) is 12.2. The van der Waals surface area contributed by atoms with E-state index in [4.69, 9.17) is 11.6 Å². The van der Waals surface area contributed by atoms with Gasteiger partial charge in [0, 0.05) is 35.9 Å². The first-order valence-corrected chi connectivity index (χ1v) is 15.7. The molecule has 1 aliphatic heterocycles. The molecule has 0 atom stereocenters. The van der Waals surface area contributed by atoms with Crippen LogP contribution in [0.4, 0.5) is 11.4 Å². The number of benzene rings is 2. The predicted octanol–water partition coefficient (Wildman–Crippen LogP) is 8.27. The summed E-state index contributed by atoms with van der Waals surface area (Å²) >= 11 is 6.63. The van der Waals surface area contributed by atoms with Gasteiger partial charge in [-0.1, -0.05) is 62.2 Å². The molecule has 1 amide bonds. The number of carbonyl (C=O) groups excluding carboxylic acids is 2. The van der Waals surface area contributed by atoms with Gasteiger partial charge in [-0.15, -0.1) is 0 Å². The van der Waals surface area contributed by atoms with Crippen LogP contribution >= 0.6 is 11.6 Å². The van der Waals surface area contributed by atoms with Crippen molar-refractivity contribution in [1.29, 1.82) is 0 Å². The molecule has 1 fully saturated rings. The van der Waals surface area contributed by atoms with E-state index >= 15 is 0 Å². The topological polar surface area (TPSA) is 78.1 Å². The Morgan fingerprint density at radius 2 is 1.98 bits per heavy atom. The molecular weight excluding hydrogens is 544 g/mol. The molecule has 42 heavy (non-hydrogen) atoms. The Hall–Kier alpha value is -3.64. The summed E-state index contributed by atoms with van der Waals surface area (Å²) < 4.78 is 0. The van der Waals surface area contributed by atoms with E-state index in [1.165, 1.54) is 5.56 Å². The van der Waals surface area contributed by atoms with Crippen molar-refractivity contribution in [3.8, 4) is 11.4 Å². The number of Topliss-reactive ketones (excluding diaryl/α,β-unsaturated/α-hetero) is 1. The van der Waals surface area contributed by atoms with Gasteiger partial charge in [0.2, 0.25) is 5.91 Å². The van der Waals surface area contributed by atoms with Crippen LogP contribution in [0.2, 0.25) is 5.02 Å². The molecular formula is C35H39ClN4O2. The van der Waals surface area contributed by atoms with Gasteiger partial charge in [-0.05, 0) is 85.9 Å². The van der Waals surface area contributed by atoms with Crippen molar-refractivity contribution in [1.82, 2.24) is 14.9 Å². The van der Waals surface area contributed by atoms with Crippen LogP contribution in [-0.4, -0.2) is 33.1 Å². The van der Waals surface area contributed by atoms with Crippen molar-refractivity contribution in [3.63, 3.8) is 0 Å². The Morgan fingerprint density at radius 3 is 2.69 bits per heavy atom. The van der Waals surface area contributed by atoms with Gasteiger partial charge in [0.05, 0.1) is 16.9 Å². The molecule has 218 valence electrons. The summed E-state index contributed by atoms with van der Waals surface area (Å²) in [5, 5.41) is 4.23. The van der Waals surface area contributed by atoms with Gasteiger partial charge in [-0.25, -0.2) is 4.98 Å². The summed E-state index contributed by atoms with van der Waals surface area (Å²) in [6.07, 6.45) is 15.3. The normalized spacial score (nSPS) is 16.9. The van der Waals surface area contributed by atoms with Crippen molar-refractivity contribution in [2.75, 3.05) is 11.9 Å². The highest BCUT2D eigenvalue weighted by Crippen LogP contribution is 2.41. The van der Waals surface area contributed by atoms with Crippen LogP contribution in [0.3, 0.4) is 0 Å². The Labute approximate surface area is 253 Å². The number of halogens is 1. The van der Waals surface area contributed by atoms with Crippen LogP contribution in [0.15, 0.2) is 60.8 Å². The van der Waals surface area contributed by atoms with E-state index < -0.39 is 5.41 Å². The standard InChI is InChI=1S/C35H39ClN4O2/c1-3-35(4-2,32(41)24-12-8-13-24)34(42)40-19-18-27-25(22-40)14-9-15-30(27)38-26-16-17-29(36)28(20-26)33-37-21-31(39-33)23-10-6-5-7-11-23/h6,9-11,14-17,20-21,24,38H,3-5,7-8,12-13,18-19,22H2,1-2H3,(H,37,39). The number of ketones is 1. The van der Waals surface area contributed by atoms with Gasteiger partial charge < -0.3 is 15.2 Å². The SMILES string of the molecule is CCC(CC)(C(=O)C1CCC1)C(=O)N1CCc2c(cccc2Nc2ccc(Cl)c(-c3ncc(C4=CCCC=C4)[nH]3)c2)C1. The third-order valence-electron chi connectivity index (χ3n) is 9.50. The second-order valence-electron chi connectivity index (χ2n) is 11.8. The number of rotatable bonds is 9. The number of imidazole rings is 1. The Balaban J connectivity index is 1.21. The summed E-state index contributed by atoms with van der Waals surface area (Å²) in [6.45, 7) is 5.11. The second kappa shape index (κ2) is 11.9. The fraction of sp³-hybridized carbons (Fsp3) is 0.400. The fourth-order valence-electron chi connectivity index (χ4n) is 6.63. The lowest BCUT2D eigenvalue weighted by Gasteiger charge is -2.40. The first-order valence-electron chi connectivity index (χ1n) is 15.4. The minimum absolute atomic E-state index is 0.00746. The Morgan fingerprint density at radius 1 is 1.14 bits per heavy atom. The summed E-state index contributed by atoms with van der Waals surface area (Å²) in [5.41, 5.74) is 6.34. The summed E-state index contributed by atoms with van der Waals surface area (Å²) in [7, 11) is 0. The molecule has 0 bridgehead atoms. The van der Waals surface area contributed by atoms with Gasteiger partial charge in [-0.3, -0.25) is 9.59 Å². The van der Waals surface area contributed by atoms with E-state index in [9.17, 15) is 9.59 Å². The van der Waals surface area contributed by atoms with Crippen molar-refractivity contribution >= 4 is 40.2 Å². The number of fused-ring (bicyclic) bond motifs is 1. The Bertz CT molecular complexity index is 1560. The Kier molecular flexibility index (Phi) is 8.09. The molecule has 3 aromatic rings. The van der Waals surface area contributed by atoms with Crippen LogP contribution in [0.5, 0.6) is 0 Å². The average molecular weight is 583 g/mol. The van der Waals surface area contributed by atoms with Gasteiger partial charge >= 0.3 is 0 Å². The molecule has 0 unspecified atom stereocenters. The summed E-state index contributed by atoms with van der Waals surface area (Å²) in [5.74, 6) is 0.960. The predicted molar refractivity (Wildman–Crippen MR) is 170 cm³/mol. The largest absolute Gasteiger partial charge is 0.355 e. The molecule has 2 aromatic carbocycles. The van der Waals surface area contributed by atoms with Crippen molar-refractivity contribution < 1.29 is 9.59 Å². The third-order valence-corrected chi connectivity index (χ3v) is 9.83. The monoisotopic (exact) mass is 582 g/mol. The van der Waals surface area contributed by atoms with Crippen LogP contribution in [0.1, 0.15) is 75.6 Å². The maximum Gasteiger partial charge on any atom is 0.236 e. The third kappa shape index (κ3) is 5.22. The highest BCUT2D eigenvalue weighted by molar-refractivity contribution is 6.33. The number of hydrogen-bond donors (Lipinski definition) is 2. The molecule has 0 radical (unpaired) electrons. The average Bonchev–Trinajstić information content (AvgIpc) is 3.49. The lowest BCUT2D eigenvalue weighted by molar-refractivity contribution is -0.154. The molecule has 1 aromatic heterocycles. The molecule has 1 saturated carbocycles. The number of allylic oxidation sites excluding steroid dienone is 4. The fourth-order valence-corrected chi connectivity index (χ4v) is 6.84. The van der Waals surface area contributed by atoms with Gasteiger partial charge in [0.1, 0.15) is 11.2 Å². The van der Waals surface area contributed by atoms with Crippen LogP contribution in [0.25, 0.3) is 17.0 Å². The number of nitrogens with zero attached hydrogens (tertiary/aromatic N) is 2. The minimum atomic E-state index is -0.895. The first kappa shape index (κ1) is 28.5. The van der Waals surface area contributed by atoms with Crippen molar-refractivity contribution in [3.05, 3.63) is 82.7 Å². The van der Waals surface area contributed by atoms with E-state index in [1.807, 2.05) is 49.2 Å². The molecule has 0 saturated heterocycles. The van der Waals surface area contributed by atoms with Crippen molar-refractivity contribution in [2.24, 2.45) is 11.3 Å². The number of amides is 1. The van der Waals surface area contributed by atoms with Crippen LogP contribution < -0.4 is 5.32 Å². The summed E-state index contributed by atoms with van der Waals surface area (Å²) in [4.78, 5) is 37.4. The number of carbonyl (C=O) groups is 2. The van der Waals surface area contributed by atoms with Crippen LogP contribution in [-0.2, 0) is 22.6 Å². The number of hydrogen-bond acceptors (Lipinski definition) is 4. The zero-order valence-electron chi connectivity index (χ0n) is 24.5. The van der Waals surface area contributed by atoms with Crippen LogP contribution in [0, 0.1) is 11.3 Å². The van der Waals surface area contributed by atoms with E-state index in [0.717, 1.165) is 78.1 Å². The van der Waals surface area contributed by atoms with E-state index in [1.54, 1.807) is 0 Å². The maximum absolute atomic E-state index is 13.9. The molecule has 6 nitrogen and oxygen atoms in total. The molecule has 3 aliphatic rings. The summed E-state index contributed by atoms with van der Waals surface area (Å²) in [6, 6.07) is 12.1.